The fraction of sp³-hybridized carbons (Fsp3) is 0.200. The Balaban J connectivity index is 2.02. The lowest BCUT2D eigenvalue weighted by Gasteiger charge is -2.20. The lowest BCUT2D eigenvalue weighted by Crippen LogP contribution is -2.30. The highest BCUT2D eigenvalue weighted by atomic mass is 15.0. The van der Waals surface area contributed by atoms with Gasteiger partial charge in [-0.3, -0.25) is 5.32 Å². The number of rotatable bonds is 4. The van der Waals surface area contributed by atoms with Gasteiger partial charge in [0.2, 0.25) is 0 Å². The predicted octanol–water partition coefficient (Wildman–Crippen LogP) is 2.99. The van der Waals surface area contributed by atoms with Crippen LogP contribution in [-0.2, 0) is 0 Å². The predicted molar refractivity (Wildman–Crippen MR) is 71.4 cm³/mol. The summed E-state index contributed by atoms with van der Waals surface area (Å²) in [4.78, 5) is 0. The van der Waals surface area contributed by atoms with Crippen molar-refractivity contribution in [1.29, 1.82) is 0 Å². The molecule has 88 valence electrons. The second-order valence-corrected chi connectivity index (χ2v) is 4.19. The Morgan fingerprint density at radius 1 is 0.824 bits per heavy atom. The molecule has 17 heavy (non-hydrogen) atoms. The van der Waals surface area contributed by atoms with Crippen molar-refractivity contribution in [3.63, 3.8) is 0 Å². The van der Waals surface area contributed by atoms with Crippen LogP contribution in [0.15, 0.2) is 60.7 Å². The van der Waals surface area contributed by atoms with Crippen molar-refractivity contribution < 1.29 is 0 Å². The molecule has 0 aromatic heterocycles. The first-order valence-electron chi connectivity index (χ1n) is 5.89. The van der Waals surface area contributed by atoms with Gasteiger partial charge in [0.1, 0.15) is 0 Å². The maximum Gasteiger partial charge on any atom is 0.0814 e. The maximum absolute atomic E-state index is 6.12. The smallest absolute Gasteiger partial charge is 0.0814 e. The van der Waals surface area contributed by atoms with Crippen molar-refractivity contribution in [3.8, 4) is 0 Å². The van der Waals surface area contributed by atoms with Gasteiger partial charge in [-0.2, -0.15) is 0 Å². The molecule has 2 aromatic carbocycles. The molecule has 0 aliphatic heterocycles. The van der Waals surface area contributed by atoms with Gasteiger partial charge in [-0.15, -0.1) is 0 Å². The summed E-state index contributed by atoms with van der Waals surface area (Å²) < 4.78 is 0. The normalized spacial score (nSPS) is 14.2. The van der Waals surface area contributed by atoms with Crippen LogP contribution in [-0.4, -0.2) is 0 Å². The molecule has 0 fully saturated rings. The van der Waals surface area contributed by atoms with E-state index in [0.29, 0.717) is 0 Å². The van der Waals surface area contributed by atoms with Gasteiger partial charge in [-0.1, -0.05) is 60.7 Å². The monoisotopic (exact) mass is 226 g/mol. The van der Waals surface area contributed by atoms with Gasteiger partial charge >= 0.3 is 0 Å². The molecule has 2 atom stereocenters. The Morgan fingerprint density at radius 3 is 1.82 bits per heavy atom. The average Bonchev–Trinajstić information content (AvgIpc) is 2.40. The van der Waals surface area contributed by atoms with E-state index in [2.05, 4.69) is 24.4 Å². The Bertz CT molecular complexity index is 395. The number of nitrogens with one attached hydrogen (secondary N) is 1. The van der Waals surface area contributed by atoms with Crippen molar-refractivity contribution in [3.05, 3.63) is 71.8 Å². The van der Waals surface area contributed by atoms with E-state index in [9.17, 15) is 0 Å². The summed E-state index contributed by atoms with van der Waals surface area (Å²) in [5, 5.41) is 3.39. The second kappa shape index (κ2) is 5.62. The summed E-state index contributed by atoms with van der Waals surface area (Å²) in [6.45, 7) is 2.12. The Kier molecular flexibility index (Phi) is 3.91. The molecule has 2 nitrogen and oxygen atoms in total. The molecule has 0 aliphatic carbocycles. The Labute approximate surface area is 102 Å². The van der Waals surface area contributed by atoms with Gasteiger partial charge < -0.3 is 5.73 Å². The first kappa shape index (κ1) is 11.8. The summed E-state index contributed by atoms with van der Waals surface area (Å²) in [5.74, 6) is 0. The lowest BCUT2D eigenvalue weighted by atomic mass is 10.1. The number of hydrogen-bond acceptors (Lipinski definition) is 2. The van der Waals surface area contributed by atoms with Gasteiger partial charge in [-0.25, -0.2) is 0 Å². The van der Waals surface area contributed by atoms with Gasteiger partial charge in [0.15, 0.2) is 0 Å². The summed E-state index contributed by atoms with van der Waals surface area (Å²) in [6, 6.07) is 20.6. The van der Waals surface area contributed by atoms with Crippen molar-refractivity contribution in [2.45, 2.75) is 19.1 Å². The molecular weight excluding hydrogens is 208 g/mol. The van der Waals surface area contributed by atoms with Crippen LogP contribution >= 0.6 is 0 Å². The van der Waals surface area contributed by atoms with E-state index in [0.717, 1.165) is 5.56 Å². The minimum Gasteiger partial charge on any atom is -0.312 e. The molecular formula is C15H18N2. The van der Waals surface area contributed by atoms with Gasteiger partial charge in [0.25, 0.3) is 0 Å². The largest absolute Gasteiger partial charge is 0.312 e. The quantitative estimate of drug-likeness (QED) is 0.786. The van der Waals surface area contributed by atoms with Gasteiger partial charge in [0.05, 0.1) is 6.17 Å². The van der Waals surface area contributed by atoms with Crippen molar-refractivity contribution in [2.24, 2.45) is 5.73 Å². The molecule has 0 bridgehead atoms. The van der Waals surface area contributed by atoms with Crippen molar-refractivity contribution in [1.82, 2.24) is 5.32 Å². The number of benzene rings is 2. The topological polar surface area (TPSA) is 38.0 Å². The van der Waals surface area contributed by atoms with E-state index >= 15 is 0 Å². The van der Waals surface area contributed by atoms with E-state index in [4.69, 9.17) is 5.73 Å². The fourth-order valence-electron chi connectivity index (χ4n) is 1.86. The van der Waals surface area contributed by atoms with Crippen LogP contribution in [0.25, 0.3) is 0 Å². The highest BCUT2D eigenvalue weighted by Gasteiger charge is 2.10. The lowest BCUT2D eigenvalue weighted by molar-refractivity contribution is 0.479. The molecule has 2 aromatic rings. The Morgan fingerprint density at radius 2 is 1.29 bits per heavy atom. The minimum absolute atomic E-state index is 0.133. The summed E-state index contributed by atoms with van der Waals surface area (Å²) >= 11 is 0. The molecule has 0 saturated carbocycles. The van der Waals surface area contributed by atoms with Gasteiger partial charge in [-0.05, 0) is 18.1 Å². The molecule has 0 heterocycles. The SMILES string of the molecule is CC(NC(N)c1ccccc1)c1ccccc1. The zero-order valence-corrected chi connectivity index (χ0v) is 10.0. The van der Waals surface area contributed by atoms with Gasteiger partial charge in [0, 0.05) is 6.04 Å². The zero-order valence-electron chi connectivity index (χ0n) is 10.0. The van der Waals surface area contributed by atoms with E-state index in [1.54, 1.807) is 0 Å². The van der Waals surface area contributed by atoms with E-state index in [1.165, 1.54) is 5.56 Å². The van der Waals surface area contributed by atoms with E-state index < -0.39 is 0 Å². The molecule has 2 rings (SSSR count). The number of hydrogen-bond donors (Lipinski definition) is 2. The minimum atomic E-state index is -0.133. The molecule has 0 aliphatic rings. The first-order chi connectivity index (χ1) is 8.27. The third-order valence-electron chi connectivity index (χ3n) is 2.89. The third-order valence-corrected chi connectivity index (χ3v) is 2.89. The Hall–Kier alpha value is -1.64. The van der Waals surface area contributed by atoms with Crippen LogP contribution in [0.2, 0.25) is 0 Å². The highest BCUT2D eigenvalue weighted by Crippen LogP contribution is 2.15. The molecule has 0 radical (unpaired) electrons. The maximum atomic E-state index is 6.12. The van der Waals surface area contributed by atoms with Crippen LogP contribution < -0.4 is 11.1 Å². The third kappa shape index (κ3) is 3.16. The van der Waals surface area contributed by atoms with Crippen LogP contribution in [0, 0.1) is 0 Å². The highest BCUT2D eigenvalue weighted by molar-refractivity contribution is 5.21. The van der Waals surface area contributed by atoms with Crippen molar-refractivity contribution >= 4 is 0 Å². The van der Waals surface area contributed by atoms with Crippen molar-refractivity contribution in [2.75, 3.05) is 0 Å². The van der Waals surface area contributed by atoms with Crippen LogP contribution in [0.4, 0.5) is 0 Å². The second-order valence-electron chi connectivity index (χ2n) is 4.19. The summed E-state index contributed by atoms with van der Waals surface area (Å²) in [5.41, 5.74) is 8.48. The van der Waals surface area contributed by atoms with Crippen LogP contribution in [0.3, 0.4) is 0 Å². The van der Waals surface area contributed by atoms with E-state index in [1.807, 2.05) is 48.5 Å². The fourth-order valence-corrected chi connectivity index (χ4v) is 1.86. The summed E-state index contributed by atoms with van der Waals surface area (Å²) in [7, 11) is 0. The molecule has 3 N–H and O–H groups in total. The van der Waals surface area contributed by atoms with Crippen LogP contribution in [0.1, 0.15) is 30.3 Å². The van der Waals surface area contributed by atoms with E-state index in [-0.39, 0.29) is 12.2 Å². The first-order valence-corrected chi connectivity index (χ1v) is 5.89. The molecule has 0 saturated heterocycles. The van der Waals surface area contributed by atoms with Crippen LogP contribution in [0.5, 0.6) is 0 Å². The molecule has 2 unspecified atom stereocenters. The number of nitrogens with two attached hydrogens (primary N) is 1. The molecule has 2 heteroatoms. The molecule has 0 amide bonds. The standard InChI is InChI=1S/C15H18N2/c1-12(13-8-4-2-5-9-13)17-15(16)14-10-6-3-7-11-14/h2-12,15,17H,16H2,1H3. The molecule has 0 spiro atoms. The summed E-state index contributed by atoms with van der Waals surface area (Å²) in [6.07, 6.45) is -0.133. The average molecular weight is 226 g/mol. The zero-order chi connectivity index (χ0) is 12.1.